The van der Waals surface area contributed by atoms with Crippen molar-refractivity contribution in [2.75, 3.05) is 11.9 Å². The Labute approximate surface area is 87.0 Å². The molecule has 0 spiro atoms. The van der Waals surface area contributed by atoms with Crippen molar-refractivity contribution in [2.45, 2.75) is 6.92 Å². The Morgan fingerprint density at radius 1 is 1.33 bits per heavy atom. The van der Waals surface area contributed by atoms with Gasteiger partial charge in [0.15, 0.2) is 0 Å². The second-order valence-electron chi connectivity index (χ2n) is 2.46. The smallest absolute Gasteiger partial charge is 0.0343 e. The van der Waals surface area contributed by atoms with Crippen LogP contribution in [0.25, 0.3) is 0 Å². The zero-order valence-corrected chi connectivity index (χ0v) is 9.21. The summed E-state index contributed by atoms with van der Waals surface area (Å²) in [6.07, 6.45) is 4.14. The second kappa shape index (κ2) is 5.19. The molecule has 0 fully saturated rings. The molecule has 12 heavy (non-hydrogen) atoms. The van der Waals surface area contributed by atoms with Gasteiger partial charge in [-0.25, -0.2) is 0 Å². The summed E-state index contributed by atoms with van der Waals surface area (Å²) in [5, 5.41) is 3.28. The van der Waals surface area contributed by atoms with Gasteiger partial charge in [0, 0.05) is 15.8 Å². The van der Waals surface area contributed by atoms with Crippen LogP contribution in [0.5, 0.6) is 0 Å². The standard InChI is InChI=1S/C10H12IN/c1-2-3-8-12-10-6-4-9(11)5-7-10/h2-7,12H,8H2,1H3/b3-2+. The van der Waals surface area contributed by atoms with E-state index in [0.717, 1.165) is 6.54 Å². The van der Waals surface area contributed by atoms with Gasteiger partial charge in [-0.1, -0.05) is 12.2 Å². The molecule has 0 unspecified atom stereocenters. The average Bonchev–Trinajstić information content (AvgIpc) is 2.09. The molecule has 0 aromatic heterocycles. The highest BCUT2D eigenvalue weighted by molar-refractivity contribution is 14.1. The topological polar surface area (TPSA) is 12.0 Å². The van der Waals surface area contributed by atoms with Crippen LogP contribution in [-0.2, 0) is 0 Å². The molecular weight excluding hydrogens is 261 g/mol. The third kappa shape index (κ3) is 3.26. The zero-order valence-electron chi connectivity index (χ0n) is 7.05. The number of nitrogens with one attached hydrogen (secondary N) is 1. The van der Waals surface area contributed by atoms with Crippen LogP contribution in [0.15, 0.2) is 36.4 Å². The third-order valence-electron chi connectivity index (χ3n) is 1.50. The molecule has 1 rings (SSSR count). The first-order valence-corrected chi connectivity index (χ1v) is 5.01. The predicted octanol–water partition coefficient (Wildman–Crippen LogP) is 3.28. The van der Waals surface area contributed by atoms with Crippen molar-refractivity contribution in [3.8, 4) is 0 Å². The van der Waals surface area contributed by atoms with Crippen LogP contribution in [-0.4, -0.2) is 6.54 Å². The molecule has 0 amide bonds. The summed E-state index contributed by atoms with van der Waals surface area (Å²) in [5.41, 5.74) is 1.17. The normalized spacial score (nSPS) is 10.5. The van der Waals surface area contributed by atoms with Crippen LogP contribution < -0.4 is 5.32 Å². The first-order chi connectivity index (χ1) is 5.83. The Bertz CT molecular complexity index is 251. The van der Waals surface area contributed by atoms with Crippen molar-refractivity contribution in [1.29, 1.82) is 0 Å². The molecule has 0 saturated carbocycles. The Morgan fingerprint density at radius 2 is 2.00 bits per heavy atom. The fraction of sp³-hybridized carbons (Fsp3) is 0.200. The summed E-state index contributed by atoms with van der Waals surface area (Å²) in [5.74, 6) is 0. The van der Waals surface area contributed by atoms with Crippen LogP contribution >= 0.6 is 22.6 Å². The van der Waals surface area contributed by atoms with E-state index in [4.69, 9.17) is 0 Å². The molecule has 0 aliphatic carbocycles. The van der Waals surface area contributed by atoms with Crippen molar-refractivity contribution in [3.05, 3.63) is 40.0 Å². The van der Waals surface area contributed by atoms with Crippen LogP contribution in [0.2, 0.25) is 0 Å². The van der Waals surface area contributed by atoms with Gasteiger partial charge < -0.3 is 5.32 Å². The first kappa shape index (κ1) is 9.58. The van der Waals surface area contributed by atoms with Crippen LogP contribution in [0.3, 0.4) is 0 Å². The van der Waals surface area contributed by atoms with Gasteiger partial charge in [-0.15, -0.1) is 0 Å². The van der Waals surface area contributed by atoms with Crippen molar-refractivity contribution in [2.24, 2.45) is 0 Å². The van der Waals surface area contributed by atoms with E-state index in [1.54, 1.807) is 0 Å². The summed E-state index contributed by atoms with van der Waals surface area (Å²) in [6, 6.07) is 8.37. The molecule has 1 aromatic rings. The second-order valence-corrected chi connectivity index (χ2v) is 3.70. The lowest BCUT2D eigenvalue weighted by Crippen LogP contribution is -1.97. The largest absolute Gasteiger partial charge is 0.382 e. The number of hydrogen-bond acceptors (Lipinski definition) is 1. The number of halogens is 1. The van der Waals surface area contributed by atoms with Crippen LogP contribution in [0.1, 0.15) is 6.92 Å². The molecule has 0 heterocycles. The molecule has 0 bridgehead atoms. The van der Waals surface area contributed by atoms with Crippen LogP contribution in [0, 0.1) is 3.57 Å². The molecule has 0 aliphatic rings. The summed E-state index contributed by atoms with van der Waals surface area (Å²) in [4.78, 5) is 0. The molecule has 0 saturated heterocycles. The van der Waals surface area contributed by atoms with E-state index in [2.05, 4.69) is 58.2 Å². The predicted molar refractivity (Wildman–Crippen MR) is 62.5 cm³/mol. The number of rotatable bonds is 3. The van der Waals surface area contributed by atoms with Gasteiger partial charge in [-0.3, -0.25) is 0 Å². The SMILES string of the molecule is C/C=C/CNc1ccc(I)cc1. The minimum atomic E-state index is 0.900. The number of benzene rings is 1. The fourth-order valence-electron chi connectivity index (χ4n) is 0.862. The summed E-state index contributed by atoms with van der Waals surface area (Å²) in [7, 11) is 0. The van der Waals surface area contributed by atoms with Crippen LogP contribution in [0.4, 0.5) is 5.69 Å². The van der Waals surface area contributed by atoms with E-state index in [1.807, 2.05) is 13.0 Å². The molecule has 1 nitrogen and oxygen atoms in total. The summed E-state index contributed by atoms with van der Waals surface area (Å²) >= 11 is 2.30. The molecule has 0 radical (unpaired) electrons. The van der Waals surface area contributed by atoms with Gasteiger partial charge >= 0.3 is 0 Å². The number of hydrogen-bond donors (Lipinski definition) is 1. The molecule has 1 N–H and O–H groups in total. The van der Waals surface area contributed by atoms with Gasteiger partial charge in [-0.2, -0.15) is 0 Å². The number of allylic oxidation sites excluding steroid dienone is 1. The van der Waals surface area contributed by atoms with Gasteiger partial charge in [0.05, 0.1) is 0 Å². The Hall–Kier alpha value is -0.510. The minimum absolute atomic E-state index is 0.900. The van der Waals surface area contributed by atoms with E-state index >= 15 is 0 Å². The maximum Gasteiger partial charge on any atom is 0.0343 e. The van der Waals surface area contributed by atoms with Gasteiger partial charge in [0.1, 0.15) is 0 Å². The lowest BCUT2D eigenvalue weighted by Gasteiger charge is -2.01. The lowest BCUT2D eigenvalue weighted by atomic mass is 10.3. The Balaban J connectivity index is 2.47. The highest BCUT2D eigenvalue weighted by Gasteiger charge is 1.88. The van der Waals surface area contributed by atoms with Gasteiger partial charge in [-0.05, 0) is 53.8 Å². The Kier molecular flexibility index (Phi) is 4.14. The summed E-state index contributed by atoms with van der Waals surface area (Å²) < 4.78 is 1.27. The molecular formula is C10H12IN. The van der Waals surface area contributed by atoms with Crippen molar-refractivity contribution >= 4 is 28.3 Å². The van der Waals surface area contributed by atoms with Crippen molar-refractivity contribution < 1.29 is 0 Å². The van der Waals surface area contributed by atoms with E-state index < -0.39 is 0 Å². The molecule has 0 aliphatic heterocycles. The fourth-order valence-corrected chi connectivity index (χ4v) is 1.22. The highest BCUT2D eigenvalue weighted by atomic mass is 127. The molecule has 0 atom stereocenters. The molecule has 64 valence electrons. The zero-order chi connectivity index (χ0) is 8.81. The molecule has 2 heteroatoms. The minimum Gasteiger partial charge on any atom is -0.382 e. The number of anilines is 1. The van der Waals surface area contributed by atoms with E-state index in [0.29, 0.717) is 0 Å². The van der Waals surface area contributed by atoms with Gasteiger partial charge in [0.25, 0.3) is 0 Å². The van der Waals surface area contributed by atoms with Gasteiger partial charge in [0.2, 0.25) is 0 Å². The monoisotopic (exact) mass is 273 g/mol. The third-order valence-corrected chi connectivity index (χ3v) is 2.22. The molecule has 1 aromatic carbocycles. The summed E-state index contributed by atoms with van der Waals surface area (Å²) in [6.45, 7) is 2.92. The van der Waals surface area contributed by atoms with E-state index in [-0.39, 0.29) is 0 Å². The highest BCUT2D eigenvalue weighted by Crippen LogP contribution is 2.10. The first-order valence-electron chi connectivity index (χ1n) is 3.93. The maximum absolute atomic E-state index is 3.28. The quantitative estimate of drug-likeness (QED) is 0.658. The van der Waals surface area contributed by atoms with E-state index in [9.17, 15) is 0 Å². The van der Waals surface area contributed by atoms with E-state index in [1.165, 1.54) is 9.26 Å². The maximum atomic E-state index is 3.28. The lowest BCUT2D eigenvalue weighted by molar-refractivity contribution is 1.32. The average molecular weight is 273 g/mol. The Morgan fingerprint density at radius 3 is 2.58 bits per heavy atom. The van der Waals surface area contributed by atoms with Crippen molar-refractivity contribution in [1.82, 2.24) is 0 Å². The van der Waals surface area contributed by atoms with Crippen molar-refractivity contribution in [3.63, 3.8) is 0 Å².